The zero-order valence-corrected chi connectivity index (χ0v) is 9.50. The molecule has 2 aliphatic heterocycles. The predicted molar refractivity (Wildman–Crippen MR) is 60.0 cm³/mol. The number of hydrogen-bond donors (Lipinski definition) is 1. The van der Waals surface area contributed by atoms with Crippen molar-refractivity contribution in [2.75, 3.05) is 26.4 Å². The van der Waals surface area contributed by atoms with Gasteiger partial charge in [-0.2, -0.15) is 0 Å². The molecule has 1 saturated heterocycles. The maximum absolute atomic E-state index is 5.51. The van der Waals surface area contributed by atoms with Crippen LogP contribution in [0, 0.1) is 0 Å². The second-order valence-electron chi connectivity index (χ2n) is 4.36. The SMILES string of the molecule is CC1OCCC1NCCC1=CCOCC1. The summed E-state index contributed by atoms with van der Waals surface area (Å²) in [6.45, 7) is 5.84. The van der Waals surface area contributed by atoms with Crippen molar-refractivity contribution in [2.45, 2.75) is 38.3 Å². The van der Waals surface area contributed by atoms with E-state index in [-0.39, 0.29) is 0 Å². The summed E-state index contributed by atoms with van der Waals surface area (Å²) in [5.41, 5.74) is 1.54. The minimum absolute atomic E-state index is 0.383. The van der Waals surface area contributed by atoms with E-state index in [1.54, 1.807) is 5.57 Å². The van der Waals surface area contributed by atoms with Crippen LogP contribution in [0.5, 0.6) is 0 Å². The van der Waals surface area contributed by atoms with Crippen LogP contribution in [0.25, 0.3) is 0 Å². The van der Waals surface area contributed by atoms with Crippen molar-refractivity contribution >= 4 is 0 Å². The number of hydrogen-bond acceptors (Lipinski definition) is 3. The van der Waals surface area contributed by atoms with Crippen molar-refractivity contribution < 1.29 is 9.47 Å². The lowest BCUT2D eigenvalue weighted by Crippen LogP contribution is -2.35. The van der Waals surface area contributed by atoms with Crippen molar-refractivity contribution in [3.05, 3.63) is 11.6 Å². The van der Waals surface area contributed by atoms with E-state index in [1.807, 2.05) is 0 Å². The summed E-state index contributed by atoms with van der Waals surface area (Å²) < 4.78 is 10.8. The monoisotopic (exact) mass is 211 g/mol. The highest BCUT2D eigenvalue weighted by atomic mass is 16.5. The first-order chi connectivity index (χ1) is 7.36. The van der Waals surface area contributed by atoms with Gasteiger partial charge in [0, 0.05) is 12.6 Å². The van der Waals surface area contributed by atoms with E-state index in [0.29, 0.717) is 12.1 Å². The maximum Gasteiger partial charge on any atom is 0.0700 e. The third kappa shape index (κ3) is 3.30. The molecule has 0 saturated carbocycles. The largest absolute Gasteiger partial charge is 0.377 e. The Morgan fingerprint density at radius 2 is 2.40 bits per heavy atom. The first-order valence-electron chi connectivity index (χ1n) is 5.97. The highest BCUT2D eigenvalue weighted by molar-refractivity contribution is 5.05. The fraction of sp³-hybridized carbons (Fsp3) is 0.833. The van der Waals surface area contributed by atoms with Gasteiger partial charge in [0.05, 0.1) is 19.3 Å². The predicted octanol–water partition coefficient (Wildman–Crippen LogP) is 1.49. The molecule has 2 atom stereocenters. The molecule has 2 aliphatic rings. The van der Waals surface area contributed by atoms with Crippen LogP contribution < -0.4 is 5.32 Å². The zero-order valence-electron chi connectivity index (χ0n) is 9.50. The van der Waals surface area contributed by atoms with Crippen molar-refractivity contribution in [2.24, 2.45) is 0 Å². The summed E-state index contributed by atoms with van der Waals surface area (Å²) >= 11 is 0. The fourth-order valence-corrected chi connectivity index (χ4v) is 2.21. The lowest BCUT2D eigenvalue weighted by atomic mass is 10.1. The molecule has 0 aliphatic carbocycles. The molecule has 86 valence electrons. The summed E-state index contributed by atoms with van der Waals surface area (Å²) in [5.74, 6) is 0. The smallest absolute Gasteiger partial charge is 0.0700 e. The van der Waals surface area contributed by atoms with Crippen LogP contribution >= 0.6 is 0 Å². The molecular weight excluding hydrogens is 190 g/mol. The van der Waals surface area contributed by atoms with Crippen LogP contribution in [0.15, 0.2) is 11.6 Å². The topological polar surface area (TPSA) is 30.5 Å². The summed E-state index contributed by atoms with van der Waals surface area (Å²) in [7, 11) is 0. The van der Waals surface area contributed by atoms with Gasteiger partial charge >= 0.3 is 0 Å². The van der Waals surface area contributed by atoms with Crippen LogP contribution in [-0.2, 0) is 9.47 Å². The van der Waals surface area contributed by atoms with Crippen molar-refractivity contribution in [3.63, 3.8) is 0 Å². The molecule has 0 amide bonds. The van der Waals surface area contributed by atoms with E-state index in [1.165, 1.54) is 0 Å². The fourth-order valence-electron chi connectivity index (χ4n) is 2.21. The second-order valence-corrected chi connectivity index (χ2v) is 4.36. The van der Waals surface area contributed by atoms with Gasteiger partial charge < -0.3 is 14.8 Å². The molecule has 1 N–H and O–H groups in total. The molecule has 2 unspecified atom stereocenters. The molecule has 2 rings (SSSR count). The van der Waals surface area contributed by atoms with E-state index < -0.39 is 0 Å². The quantitative estimate of drug-likeness (QED) is 0.715. The van der Waals surface area contributed by atoms with E-state index >= 15 is 0 Å². The molecule has 0 aromatic rings. The Labute approximate surface area is 91.8 Å². The molecule has 0 aromatic heterocycles. The third-order valence-corrected chi connectivity index (χ3v) is 3.29. The number of ether oxygens (including phenoxy) is 2. The highest BCUT2D eigenvalue weighted by Crippen LogP contribution is 2.14. The molecule has 1 fully saturated rings. The minimum atomic E-state index is 0.383. The third-order valence-electron chi connectivity index (χ3n) is 3.29. The molecule has 0 radical (unpaired) electrons. The molecule has 3 heteroatoms. The normalized spacial score (nSPS) is 31.7. The lowest BCUT2D eigenvalue weighted by molar-refractivity contribution is 0.113. The summed E-state index contributed by atoms with van der Waals surface area (Å²) in [6, 6.07) is 0.561. The maximum atomic E-state index is 5.51. The Kier molecular flexibility index (Phi) is 4.18. The minimum Gasteiger partial charge on any atom is -0.377 e. The van der Waals surface area contributed by atoms with E-state index in [4.69, 9.17) is 9.47 Å². The summed E-state index contributed by atoms with van der Waals surface area (Å²) in [5, 5.41) is 3.57. The molecule has 3 nitrogen and oxygen atoms in total. The number of nitrogens with one attached hydrogen (secondary N) is 1. The van der Waals surface area contributed by atoms with Gasteiger partial charge in [-0.25, -0.2) is 0 Å². The lowest BCUT2D eigenvalue weighted by Gasteiger charge is -2.18. The summed E-state index contributed by atoms with van der Waals surface area (Å²) in [4.78, 5) is 0. The van der Waals surface area contributed by atoms with Crippen LogP contribution in [0.3, 0.4) is 0 Å². The van der Waals surface area contributed by atoms with E-state index in [0.717, 1.165) is 45.6 Å². The van der Waals surface area contributed by atoms with Gasteiger partial charge in [-0.1, -0.05) is 11.6 Å². The standard InChI is InChI=1S/C12H21NO2/c1-10-12(5-9-15-10)13-6-2-11-3-7-14-8-4-11/h3,10,12-13H,2,4-9H2,1H3. The van der Waals surface area contributed by atoms with Crippen LogP contribution in [0.1, 0.15) is 26.2 Å². The Bertz CT molecular complexity index is 228. The number of rotatable bonds is 4. The van der Waals surface area contributed by atoms with Gasteiger partial charge in [0.2, 0.25) is 0 Å². The summed E-state index contributed by atoms with van der Waals surface area (Å²) in [6.07, 6.45) is 6.03. The Morgan fingerprint density at radius 1 is 1.47 bits per heavy atom. The van der Waals surface area contributed by atoms with Crippen LogP contribution in [0.4, 0.5) is 0 Å². The molecular formula is C12H21NO2. The van der Waals surface area contributed by atoms with Gasteiger partial charge in [0.25, 0.3) is 0 Å². The first-order valence-corrected chi connectivity index (χ1v) is 5.97. The molecule has 0 aromatic carbocycles. The Balaban J connectivity index is 1.63. The molecule has 0 bridgehead atoms. The van der Waals surface area contributed by atoms with Gasteiger partial charge in [-0.05, 0) is 32.7 Å². The van der Waals surface area contributed by atoms with Crippen molar-refractivity contribution in [1.82, 2.24) is 5.32 Å². The Morgan fingerprint density at radius 3 is 3.07 bits per heavy atom. The molecule has 2 heterocycles. The zero-order chi connectivity index (χ0) is 10.5. The Hall–Kier alpha value is -0.380. The van der Waals surface area contributed by atoms with Crippen LogP contribution in [0.2, 0.25) is 0 Å². The van der Waals surface area contributed by atoms with E-state index in [2.05, 4.69) is 18.3 Å². The van der Waals surface area contributed by atoms with Crippen molar-refractivity contribution in [1.29, 1.82) is 0 Å². The average Bonchev–Trinajstić information content (AvgIpc) is 2.66. The van der Waals surface area contributed by atoms with Gasteiger partial charge in [0.15, 0.2) is 0 Å². The highest BCUT2D eigenvalue weighted by Gasteiger charge is 2.23. The van der Waals surface area contributed by atoms with E-state index in [9.17, 15) is 0 Å². The van der Waals surface area contributed by atoms with Gasteiger partial charge in [-0.15, -0.1) is 0 Å². The van der Waals surface area contributed by atoms with Gasteiger partial charge in [0.1, 0.15) is 0 Å². The average molecular weight is 211 g/mol. The van der Waals surface area contributed by atoms with Crippen LogP contribution in [-0.4, -0.2) is 38.5 Å². The van der Waals surface area contributed by atoms with Gasteiger partial charge in [-0.3, -0.25) is 0 Å². The molecule has 15 heavy (non-hydrogen) atoms. The first kappa shape index (κ1) is 11.1. The second kappa shape index (κ2) is 5.64. The molecule has 0 spiro atoms. The van der Waals surface area contributed by atoms with Crippen molar-refractivity contribution in [3.8, 4) is 0 Å².